The van der Waals surface area contributed by atoms with Crippen molar-refractivity contribution in [3.05, 3.63) is 59.7 Å². The number of carbonyl (C=O) groups excluding carboxylic acids is 2. The van der Waals surface area contributed by atoms with Crippen molar-refractivity contribution in [3.63, 3.8) is 0 Å². The van der Waals surface area contributed by atoms with Crippen LogP contribution in [0.15, 0.2) is 48.5 Å². The first-order valence-corrected chi connectivity index (χ1v) is 11.2. The van der Waals surface area contributed by atoms with Crippen LogP contribution >= 0.6 is 0 Å². The Morgan fingerprint density at radius 1 is 1.03 bits per heavy atom. The molecule has 2 bridgehead atoms. The molecule has 0 aromatic heterocycles. The smallest absolute Gasteiger partial charge is 0.340 e. The molecule has 0 amide bonds. The number of hydrogen-bond donors (Lipinski definition) is 2. The Hall–Kier alpha value is -3.06. The van der Waals surface area contributed by atoms with E-state index in [-0.39, 0.29) is 18.6 Å². The fourth-order valence-electron chi connectivity index (χ4n) is 5.20. The van der Waals surface area contributed by atoms with Gasteiger partial charge < -0.3 is 25.8 Å². The molecule has 0 unspecified atom stereocenters. The number of benzene rings is 2. The van der Waals surface area contributed by atoms with Crippen LogP contribution < -0.4 is 11.5 Å². The third-order valence-corrected chi connectivity index (χ3v) is 6.85. The van der Waals surface area contributed by atoms with Crippen molar-refractivity contribution in [2.45, 2.75) is 32.3 Å². The van der Waals surface area contributed by atoms with E-state index in [1.165, 1.54) is 0 Å². The Morgan fingerprint density at radius 2 is 1.66 bits per heavy atom. The Bertz CT molecular complexity index is 995. The molecular weight excluding hydrogens is 406 g/mol. The zero-order valence-corrected chi connectivity index (χ0v) is 18.5. The maximum Gasteiger partial charge on any atom is 0.340 e. The second-order valence-corrected chi connectivity index (χ2v) is 8.92. The molecule has 4 N–H and O–H groups in total. The second kappa shape index (κ2) is 9.20. The van der Waals surface area contributed by atoms with E-state index in [0.717, 1.165) is 32.4 Å². The number of anilines is 2. The number of nitrogens with zero attached hydrogens (tertiary/aromatic N) is 1. The minimum absolute atomic E-state index is 0.176. The predicted molar refractivity (Wildman–Crippen MR) is 123 cm³/mol. The van der Waals surface area contributed by atoms with Gasteiger partial charge in [-0.1, -0.05) is 37.6 Å². The molecule has 1 aliphatic heterocycles. The number of para-hydroxylation sites is 2. The first-order chi connectivity index (χ1) is 15.4. The highest BCUT2D eigenvalue weighted by Crippen LogP contribution is 2.46. The monoisotopic (exact) mass is 437 g/mol. The lowest BCUT2D eigenvalue weighted by atomic mass is 9.64. The molecule has 1 saturated carbocycles. The van der Waals surface area contributed by atoms with E-state index >= 15 is 0 Å². The highest BCUT2D eigenvalue weighted by molar-refractivity contribution is 5.95. The van der Waals surface area contributed by atoms with Gasteiger partial charge in [0.2, 0.25) is 0 Å². The predicted octanol–water partition coefficient (Wildman–Crippen LogP) is 3.36. The lowest BCUT2D eigenvalue weighted by Crippen LogP contribution is -2.61. The van der Waals surface area contributed by atoms with Crippen LogP contribution in [0.25, 0.3) is 0 Å². The summed E-state index contributed by atoms with van der Waals surface area (Å²) < 4.78 is 11.9. The highest BCUT2D eigenvalue weighted by Gasteiger charge is 2.53. The molecule has 2 aromatic carbocycles. The number of hydrogen-bond acceptors (Lipinski definition) is 7. The van der Waals surface area contributed by atoms with Crippen LogP contribution in [0.5, 0.6) is 0 Å². The van der Waals surface area contributed by atoms with E-state index in [1.54, 1.807) is 48.5 Å². The SMILES string of the molecule is CCN1C[C@H]2CCC[C@@](COC(=O)c3ccccc3N)(C1)[C@@H]2OC(=O)c1ccccc1N. The number of nitrogen functional groups attached to an aromatic ring is 2. The second-order valence-electron chi connectivity index (χ2n) is 8.92. The fourth-order valence-corrected chi connectivity index (χ4v) is 5.20. The van der Waals surface area contributed by atoms with Crippen LogP contribution in [0.3, 0.4) is 0 Å². The van der Waals surface area contributed by atoms with Gasteiger partial charge in [0.1, 0.15) is 12.7 Å². The zero-order chi connectivity index (χ0) is 22.7. The van der Waals surface area contributed by atoms with Crippen LogP contribution in [0.4, 0.5) is 11.4 Å². The molecule has 2 aromatic rings. The van der Waals surface area contributed by atoms with Gasteiger partial charge in [0, 0.05) is 30.4 Å². The van der Waals surface area contributed by atoms with E-state index in [2.05, 4.69) is 11.8 Å². The summed E-state index contributed by atoms with van der Waals surface area (Å²) in [6.07, 6.45) is 2.46. The summed E-state index contributed by atoms with van der Waals surface area (Å²) in [6.45, 7) is 4.76. The van der Waals surface area contributed by atoms with Gasteiger partial charge in [-0.25, -0.2) is 9.59 Å². The number of likely N-dealkylation sites (tertiary alicyclic amines) is 1. The van der Waals surface area contributed by atoms with Gasteiger partial charge in [0.25, 0.3) is 0 Å². The minimum atomic E-state index is -0.463. The molecule has 1 aliphatic carbocycles. The van der Waals surface area contributed by atoms with E-state index in [9.17, 15) is 9.59 Å². The summed E-state index contributed by atoms with van der Waals surface area (Å²) in [6, 6.07) is 13.8. The van der Waals surface area contributed by atoms with Gasteiger partial charge in [0.15, 0.2) is 0 Å². The third-order valence-electron chi connectivity index (χ3n) is 6.85. The van der Waals surface area contributed by atoms with Gasteiger partial charge in [-0.2, -0.15) is 0 Å². The van der Waals surface area contributed by atoms with Gasteiger partial charge in [-0.3, -0.25) is 0 Å². The standard InChI is InChI=1S/C25H31N3O4/c1-2-28-14-17-8-7-13-25(15-28,16-31-23(29)18-9-3-5-11-20(18)26)22(17)32-24(30)19-10-4-6-12-21(19)27/h3-6,9-12,17,22H,2,7-8,13-16,26-27H2,1H3/t17-,22-,25+/m1/s1. The molecule has 0 radical (unpaired) electrons. The van der Waals surface area contributed by atoms with Gasteiger partial charge in [0.05, 0.1) is 16.5 Å². The number of ether oxygens (including phenoxy) is 2. The number of esters is 2. The highest BCUT2D eigenvalue weighted by atomic mass is 16.6. The molecule has 1 saturated heterocycles. The molecule has 32 heavy (non-hydrogen) atoms. The molecule has 4 rings (SSSR count). The lowest BCUT2D eigenvalue weighted by molar-refractivity contribution is -0.139. The van der Waals surface area contributed by atoms with Gasteiger partial charge in [-0.15, -0.1) is 0 Å². The van der Waals surface area contributed by atoms with Crippen LogP contribution in [-0.2, 0) is 9.47 Å². The van der Waals surface area contributed by atoms with Crippen LogP contribution in [0.2, 0.25) is 0 Å². The van der Waals surface area contributed by atoms with Crippen molar-refractivity contribution in [1.29, 1.82) is 0 Å². The third kappa shape index (κ3) is 4.30. The molecular formula is C25H31N3O4. The first kappa shape index (κ1) is 22.1. The van der Waals surface area contributed by atoms with Gasteiger partial charge >= 0.3 is 11.9 Å². The van der Waals surface area contributed by atoms with Crippen molar-refractivity contribution in [1.82, 2.24) is 4.90 Å². The lowest BCUT2D eigenvalue weighted by Gasteiger charge is -2.53. The first-order valence-electron chi connectivity index (χ1n) is 11.2. The molecule has 1 heterocycles. The van der Waals surface area contributed by atoms with Crippen molar-refractivity contribution in [2.24, 2.45) is 11.3 Å². The normalized spacial score (nSPS) is 25.2. The van der Waals surface area contributed by atoms with E-state index in [4.69, 9.17) is 20.9 Å². The zero-order valence-electron chi connectivity index (χ0n) is 18.5. The summed E-state index contributed by atoms with van der Waals surface area (Å²) in [7, 11) is 0. The average molecular weight is 438 g/mol. The Morgan fingerprint density at radius 3 is 2.28 bits per heavy atom. The van der Waals surface area contributed by atoms with Crippen molar-refractivity contribution in [2.75, 3.05) is 37.7 Å². The number of fused-ring (bicyclic) bond motifs is 2. The number of rotatable bonds is 6. The maximum absolute atomic E-state index is 13.0. The van der Waals surface area contributed by atoms with E-state index in [0.29, 0.717) is 29.0 Å². The van der Waals surface area contributed by atoms with E-state index < -0.39 is 17.4 Å². The summed E-state index contributed by atoms with van der Waals surface area (Å²) in [5.41, 5.74) is 13.0. The quantitative estimate of drug-likeness (QED) is 0.527. The van der Waals surface area contributed by atoms with Crippen molar-refractivity contribution < 1.29 is 19.1 Å². The summed E-state index contributed by atoms with van der Waals surface area (Å²) >= 11 is 0. The summed E-state index contributed by atoms with van der Waals surface area (Å²) in [4.78, 5) is 28.2. The summed E-state index contributed by atoms with van der Waals surface area (Å²) in [5, 5.41) is 0. The largest absolute Gasteiger partial charge is 0.461 e. The molecule has 0 spiro atoms. The van der Waals surface area contributed by atoms with E-state index in [1.807, 2.05) is 0 Å². The van der Waals surface area contributed by atoms with Gasteiger partial charge in [-0.05, 0) is 43.7 Å². The fraction of sp³-hybridized carbons (Fsp3) is 0.440. The maximum atomic E-state index is 13.0. The Kier molecular flexibility index (Phi) is 6.37. The van der Waals surface area contributed by atoms with Crippen LogP contribution in [-0.4, -0.2) is 49.2 Å². The topological polar surface area (TPSA) is 108 Å². The summed E-state index contributed by atoms with van der Waals surface area (Å²) in [5.74, 6) is -0.689. The van der Waals surface area contributed by atoms with Crippen LogP contribution in [0, 0.1) is 11.3 Å². The molecule has 7 nitrogen and oxygen atoms in total. The van der Waals surface area contributed by atoms with Crippen LogP contribution in [0.1, 0.15) is 46.9 Å². The molecule has 2 aliphatic rings. The number of piperidine rings is 1. The average Bonchev–Trinajstić information content (AvgIpc) is 2.78. The number of nitrogens with two attached hydrogens (primary N) is 2. The van der Waals surface area contributed by atoms with Crippen molar-refractivity contribution >= 4 is 23.3 Å². The Balaban J connectivity index is 1.57. The van der Waals surface area contributed by atoms with Crippen molar-refractivity contribution in [3.8, 4) is 0 Å². The molecule has 3 atom stereocenters. The minimum Gasteiger partial charge on any atom is -0.461 e. The Labute approximate surface area is 188 Å². The molecule has 7 heteroatoms. The molecule has 170 valence electrons. The molecule has 2 fully saturated rings. The number of carbonyl (C=O) groups is 2.